The molecule has 1 amide bonds. The molecule has 1 heterocycles. The molecule has 1 aromatic heterocycles. The number of rotatable bonds is 5. The molecule has 0 aliphatic rings. The smallest absolute Gasteiger partial charge is 0.257 e. The van der Waals surface area contributed by atoms with E-state index in [1.54, 1.807) is 12.3 Å². The average Bonchev–Trinajstić information content (AvgIpc) is 2.45. The second-order valence-electron chi connectivity index (χ2n) is 4.34. The molecule has 0 bridgehead atoms. The summed E-state index contributed by atoms with van der Waals surface area (Å²) in [4.78, 5) is 16.1. The maximum Gasteiger partial charge on any atom is 0.257 e. The molecule has 0 aliphatic carbocycles. The van der Waals surface area contributed by atoms with E-state index in [1.807, 2.05) is 24.3 Å². The number of hydrogen-bond acceptors (Lipinski definition) is 2. The van der Waals surface area contributed by atoms with Crippen molar-refractivity contribution in [3.63, 3.8) is 0 Å². The summed E-state index contributed by atoms with van der Waals surface area (Å²) >= 11 is 8.99. The van der Waals surface area contributed by atoms with Gasteiger partial charge in [-0.05, 0) is 52.5 Å². The summed E-state index contributed by atoms with van der Waals surface area (Å²) in [5, 5.41) is 2.87. The van der Waals surface area contributed by atoms with E-state index in [0.717, 1.165) is 28.6 Å². The fraction of sp³-hybridized carbons (Fsp3) is 0.200. The Bertz CT molecular complexity index is 604. The number of nitrogens with one attached hydrogen (secondary N) is 1. The third kappa shape index (κ3) is 4.32. The van der Waals surface area contributed by atoms with Gasteiger partial charge in [0.1, 0.15) is 0 Å². The predicted molar refractivity (Wildman–Crippen MR) is 85.4 cm³/mol. The van der Waals surface area contributed by atoms with Gasteiger partial charge in [0.15, 0.2) is 0 Å². The molecular weight excluding hydrogens is 340 g/mol. The monoisotopic (exact) mass is 352 g/mol. The maximum absolute atomic E-state index is 12.1. The van der Waals surface area contributed by atoms with E-state index in [2.05, 4.69) is 26.2 Å². The highest BCUT2D eigenvalue weighted by atomic mass is 79.9. The van der Waals surface area contributed by atoms with Gasteiger partial charge < -0.3 is 5.32 Å². The molecular formula is C15H14BrClN2O. The van der Waals surface area contributed by atoms with Crippen molar-refractivity contribution in [1.82, 2.24) is 4.98 Å². The van der Waals surface area contributed by atoms with Crippen LogP contribution in [-0.4, -0.2) is 16.8 Å². The molecule has 2 rings (SSSR count). The van der Waals surface area contributed by atoms with Crippen LogP contribution in [0, 0.1) is 0 Å². The zero-order valence-corrected chi connectivity index (χ0v) is 13.1. The highest BCUT2D eigenvalue weighted by Gasteiger charge is 2.07. The lowest BCUT2D eigenvalue weighted by Crippen LogP contribution is -2.12. The van der Waals surface area contributed by atoms with Crippen molar-refractivity contribution >= 4 is 39.1 Å². The summed E-state index contributed by atoms with van der Waals surface area (Å²) in [6.45, 7) is 0. The number of carbonyl (C=O) groups excluding carboxylic acids is 1. The van der Waals surface area contributed by atoms with Crippen LogP contribution in [0.4, 0.5) is 5.69 Å². The molecule has 1 aromatic carbocycles. The number of halogens is 2. The van der Waals surface area contributed by atoms with Gasteiger partial charge in [0.2, 0.25) is 0 Å². The predicted octanol–water partition coefficient (Wildman–Crippen LogP) is 4.27. The number of aryl methyl sites for hydroxylation is 1. The van der Waals surface area contributed by atoms with Gasteiger partial charge in [-0.15, -0.1) is 11.6 Å². The van der Waals surface area contributed by atoms with Gasteiger partial charge in [-0.1, -0.05) is 12.1 Å². The topological polar surface area (TPSA) is 42.0 Å². The zero-order valence-electron chi connectivity index (χ0n) is 10.8. The second kappa shape index (κ2) is 7.41. The molecule has 0 saturated heterocycles. The number of anilines is 1. The lowest BCUT2D eigenvalue weighted by atomic mass is 10.1. The quantitative estimate of drug-likeness (QED) is 0.816. The largest absolute Gasteiger partial charge is 0.322 e. The number of pyridine rings is 1. The Morgan fingerprint density at radius 3 is 2.90 bits per heavy atom. The number of amides is 1. The van der Waals surface area contributed by atoms with Crippen LogP contribution in [0.3, 0.4) is 0 Å². The normalized spacial score (nSPS) is 10.3. The zero-order chi connectivity index (χ0) is 14.4. The third-order valence-electron chi connectivity index (χ3n) is 2.75. The minimum absolute atomic E-state index is 0.173. The van der Waals surface area contributed by atoms with Crippen LogP contribution in [0.15, 0.2) is 47.2 Å². The standard InChI is InChI=1S/C15H14BrClN2O/c16-13-8-12(9-18-10-13)15(20)19-14-5-1-3-11(7-14)4-2-6-17/h1,3,5,7-10H,2,4,6H2,(H,19,20). The van der Waals surface area contributed by atoms with Crippen molar-refractivity contribution in [2.45, 2.75) is 12.8 Å². The Kier molecular flexibility index (Phi) is 5.56. The number of aromatic nitrogens is 1. The highest BCUT2D eigenvalue weighted by Crippen LogP contribution is 2.15. The van der Waals surface area contributed by atoms with E-state index in [-0.39, 0.29) is 5.91 Å². The Morgan fingerprint density at radius 1 is 1.30 bits per heavy atom. The van der Waals surface area contributed by atoms with Gasteiger partial charge in [0.25, 0.3) is 5.91 Å². The first-order chi connectivity index (χ1) is 9.69. The summed E-state index contributed by atoms with van der Waals surface area (Å²) < 4.78 is 0.779. The molecule has 3 nitrogen and oxygen atoms in total. The van der Waals surface area contributed by atoms with Crippen molar-refractivity contribution < 1.29 is 4.79 Å². The van der Waals surface area contributed by atoms with Gasteiger partial charge in [0.05, 0.1) is 5.56 Å². The van der Waals surface area contributed by atoms with E-state index < -0.39 is 0 Å². The van der Waals surface area contributed by atoms with E-state index in [1.165, 1.54) is 6.20 Å². The van der Waals surface area contributed by atoms with Gasteiger partial charge in [-0.25, -0.2) is 0 Å². The van der Waals surface area contributed by atoms with Crippen LogP contribution < -0.4 is 5.32 Å². The molecule has 2 aromatic rings. The number of carbonyl (C=O) groups is 1. The summed E-state index contributed by atoms with van der Waals surface area (Å²) in [5.41, 5.74) is 2.46. The van der Waals surface area contributed by atoms with E-state index >= 15 is 0 Å². The van der Waals surface area contributed by atoms with Crippen molar-refractivity contribution in [2.24, 2.45) is 0 Å². The molecule has 0 spiro atoms. The lowest BCUT2D eigenvalue weighted by Gasteiger charge is -2.07. The van der Waals surface area contributed by atoms with E-state index in [9.17, 15) is 4.79 Å². The van der Waals surface area contributed by atoms with E-state index in [0.29, 0.717) is 11.4 Å². The van der Waals surface area contributed by atoms with Crippen molar-refractivity contribution in [1.29, 1.82) is 0 Å². The second-order valence-corrected chi connectivity index (χ2v) is 5.63. The molecule has 0 fully saturated rings. The van der Waals surface area contributed by atoms with E-state index in [4.69, 9.17) is 11.6 Å². The minimum atomic E-state index is -0.173. The van der Waals surface area contributed by atoms with Crippen LogP contribution >= 0.6 is 27.5 Å². The summed E-state index contributed by atoms with van der Waals surface area (Å²) in [7, 11) is 0. The Morgan fingerprint density at radius 2 is 2.15 bits per heavy atom. The third-order valence-corrected chi connectivity index (χ3v) is 3.45. The highest BCUT2D eigenvalue weighted by molar-refractivity contribution is 9.10. The Balaban J connectivity index is 2.07. The molecule has 0 aliphatic heterocycles. The number of hydrogen-bond donors (Lipinski definition) is 1. The van der Waals surface area contributed by atoms with Crippen molar-refractivity contribution in [3.8, 4) is 0 Å². The van der Waals surface area contributed by atoms with Gasteiger partial charge >= 0.3 is 0 Å². The number of benzene rings is 1. The minimum Gasteiger partial charge on any atom is -0.322 e. The van der Waals surface area contributed by atoms with Crippen LogP contribution in [0.25, 0.3) is 0 Å². The summed E-state index contributed by atoms with van der Waals surface area (Å²) in [5.74, 6) is 0.466. The van der Waals surface area contributed by atoms with Gasteiger partial charge in [-0.2, -0.15) is 0 Å². The van der Waals surface area contributed by atoms with Crippen molar-refractivity contribution in [2.75, 3.05) is 11.2 Å². The average molecular weight is 354 g/mol. The first kappa shape index (κ1) is 15.0. The Labute approximate surface area is 131 Å². The van der Waals surface area contributed by atoms with Gasteiger partial charge in [0, 0.05) is 28.4 Å². The fourth-order valence-electron chi connectivity index (χ4n) is 1.81. The maximum atomic E-state index is 12.1. The summed E-state index contributed by atoms with van der Waals surface area (Å²) in [6, 6.07) is 9.53. The van der Waals surface area contributed by atoms with Crippen LogP contribution in [0.2, 0.25) is 0 Å². The molecule has 104 valence electrons. The molecule has 20 heavy (non-hydrogen) atoms. The van der Waals surface area contributed by atoms with Crippen LogP contribution in [0.1, 0.15) is 22.3 Å². The molecule has 5 heteroatoms. The fourth-order valence-corrected chi connectivity index (χ4v) is 2.31. The van der Waals surface area contributed by atoms with Gasteiger partial charge in [-0.3, -0.25) is 9.78 Å². The summed E-state index contributed by atoms with van der Waals surface area (Å²) in [6.07, 6.45) is 5.02. The molecule has 0 radical (unpaired) electrons. The van der Waals surface area contributed by atoms with Crippen LogP contribution in [-0.2, 0) is 6.42 Å². The van der Waals surface area contributed by atoms with Crippen molar-refractivity contribution in [3.05, 3.63) is 58.3 Å². The first-order valence-corrected chi connectivity index (χ1v) is 7.58. The first-order valence-electron chi connectivity index (χ1n) is 6.26. The SMILES string of the molecule is O=C(Nc1cccc(CCCCl)c1)c1cncc(Br)c1. The van der Waals surface area contributed by atoms with Crippen LogP contribution in [0.5, 0.6) is 0 Å². The molecule has 0 atom stereocenters. The molecule has 1 N–H and O–H groups in total. The molecule has 0 unspecified atom stereocenters. The Hall–Kier alpha value is -1.39. The number of nitrogens with zero attached hydrogens (tertiary/aromatic N) is 1. The lowest BCUT2D eigenvalue weighted by molar-refractivity contribution is 0.102. The molecule has 0 saturated carbocycles. The number of alkyl halides is 1.